The summed E-state index contributed by atoms with van der Waals surface area (Å²) in [6.07, 6.45) is 6.87. The first kappa shape index (κ1) is 7.18. The van der Waals surface area contributed by atoms with E-state index in [2.05, 4.69) is 5.92 Å². The Morgan fingerprint density at radius 2 is 2.20 bits per heavy atom. The largest absolute Gasteiger partial charge is 0.0840 e. The van der Waals surface area contributed by atoms with E-state index in [4.69, 9.17) is 18.0 Å². The van der Waals surface area contributed by atoms with Crippen molar-refractivity contribution in [3.8, 4) is 5.92 Å². The molecule has 0 bridgehead atoms. The van der Waals surface area contributed by atoms with Gasteiger partial charge in [-0.2, -0.15) is 0 Å². The average molecular weight is 150 g/mol. The molecule has 0 aliphatic carbocycles. The summed E-state index contributed by atoms with van der Waals surface area (Å²) in [5.74, 6) is 2.30. The predicted octanol–water partition coefficient (Wildman–Crippen LogP) is 2.59. The minimum Gasteiger partial charge on any atom is -0.0840 e. The number of halogens is 1. The molecule has 0 unspecified atom stereocenters. The number of hydrogen-bond acceptors (Lipinski definition) is 0. The number of hydrogen-bond donors (Lipinski definition) is 0. The molecule has 0 amide bonds. The van der Waals surface area contributed by atoms with Crippen molar-refractivity contribution in [3.05, 3.63) is 40.8 Å². The highest BCUT2D eigenvalue weighted by Gasteiger charge is 1.96. The van der Waals surface area contributed by atoms with E-state index in [-0.39, 0.29) is 0 Å². The highest BCUT2D eigenvalue weighted by molar-refractivity contribution is 6.31. The molecule has 0 spiro atoms. The van der Waals surface area contributed by atoms with E-state index in [1.807, 2.05) is 19.1 Å². The molecule has 0 N–H and O–H groups in total. The van der Waals surface area contributed by atoms with Gasteiger partial charge in [-0.3, -0.25) is 0 Å². The molecule has 1 heteroatoms. The second kappa shape index (κ2) is 2.77. The van der Waals surface area contributed by atoms with Gasteiger partial charge in [-0.15, -0.1) is 0 Å². The Balaban J connectivity index is 3.31. The zero-order valence-corrected chi connectivity index (χ0v) is 6.37. The van der Waals surface area contributed by atoms with Crippen LogP contribution in [-0.2, 0) is 0 Å². The third kappa shape index (κ3) is 1.15. The van der Waals surface area contributed by atoms with Gasteiger partial charge in [0.1, 0.15) is 0 Å². The van der Waals surface area contributed by atoms with Crippen molar-refractivity contribution in [2.75, 3.05) is 0 Å². The normalized spacial score (nSPS) is 8.90. The first-order chi connectivity index (χ1) is 4.75. The molecule has 0 aromatic heterocycles. The molecule has 0 aliphatic rings. The zero-order chi connectivity index (χ0) is 7.56. The SMILES string of the molecule is [C]#Cc1cccc(Cl)c1C. The van der Waals surface area contributed by atoms with Crippen LogP contribution >= 0.6 is 11.6 Å². The van der Waals surface area contributed by atoms with Gasteiger partial charge in [-0.05, 0) is 31.0 Å². The molecule has 10 heavy (non-hydrogen) atoms. The van der Waals surface area contributed by atoms with Crippen LogP contribution in [0.5, 0.6) is 0 Å². The third-order valence-electron chi connectivity index (χ3n) is 1.40. The molecule has 1 radical (unpaired) electrons. The van der Waals surface area contributed by atoms with Crippen molar-refractivity contribution in [3.63, 3.8) is 0 Å². The quantitative estimate of drug-likeness (QED) is 0.498. The molecular weight excluding hydrogens is 144 g/mol. The summed E-state index contributed by atoms with van der Waals surface area (Å²) in [7, 11) is 0. The van der Waals surface area contributed by atoms with Crippen LogP contribution in [0.4, 0.5) is 0 Å². The van der Waals surface area contributed by atoms with Crippen molar-refractivity contribution in [2.45, 2.75) is 6.92 Å². The van der Waals surface area contributed by atoms with Crippen LogP contribution in [0.3, 0.4) is 0 Å². The second-order valence-electron chi connectivity index (χ2n) is 2.04. The van der Waals surface area contributed by atoms with Crippen LogP contribution in [0.1, 0.15) is 11.1 Å². The average Bonchev–Trinajstić information content (AvgIpc) is 1.95. The Morgan fingerprint density at radius 3 is 2.70 bits per heavy atom. The molecule has 1 aromatic carbocycles. The fraction of sp³-hybridized carbons (Fsp3) is 0.111. The van der Waals surface area contributed by atoms with Gasteiger partial charge >= 0.3 is 0 Å². The predicted molar refractivity (Wildman–Crippen MR) is 42.4 cm³/mol. The van der Waals surface area contributed by atoms with E-state index in [0.29, 0.717) is 5.02 Å². The first-order valence-corrected chi connectivity index (χ1v) is 3.31. The zero-order valence-electron chi connectivity index (χ0n) is 5.61. The fourth-order valence-corrected chi connectivity index (χ4v) is 0.917. The van der Waals surface area contributed by atoms with Gasteiger partial charge in [0, 0.05) is 10.6 Å². The molecule has 1 aromatic rings. The summed E-state index contributed by atoms with van der Waals surface area (Å²) in [6, 6.07) is 5.43. The van der Waals surface area contributed by atoms with Crippen molar-refractivity contribution in [2.24, 2.45) is 0 Å². The summed E-state index contributed by atoms with van der Waals surface area (Å²) >= 11 is 5.77. The van der Waals surface area contributed by atoms with Crippen LogP contribution in [0, 0.1) is 19.3 Å². The first-order valence-electron chi connectivity index (χ1n) is 2.93. The molecule has 0 aliphatic heterocycles. The monoisotopic (exact) mass is 149 g/mol. The van der Waals surface area contributed by atoms with Crippen molar-refractivity contribution >= 4 is 11.6 Å². The van der Waals surface area contributed by atoms with Gasteiger partial charge in [-0.1, -0.05) is 23.6 Å². The Hall–Kier alpha value is -0.930. The highest BCUT2D eigenvalue weighted by atomic mass is 35.5. The lowest BCUT2D eigenvalue weighted by atomic mass is 10.1. The maximum absolute atomic E-state index is 6.87. The van der Waals surface area contributed by atoms with E-state index in [1.54, 1.807) is 6.07 Å². The van der Waals surface area contributed by atoms with Crippen LogP contribution in [0.25, 0.3) is 0 Å². The lowest BCUT2D eigenvalue weighted by molar-refractivity contribution is 1.44. The summed E-state index contributed by atoms with van der Waals surface area (Å²) in [5, 5.41) is 0.692. The van der Waals surface area contributed by atoms with E-state index in [1.165, 1.54) is 0 Å². The van der Waals surface area contributed by atoms with E-state index >= 15 is 0 Å². The van der Waals surface area contributed by atoms with E-state index < -0.39 is 0 Å². The highest BCUT2D eigenvalue weighted by Crippen LogP contribution is 2.17. The van der Waals surface area contributed by atoms with Crippen LogP contribution in [0.2, 0.25) is 5.02 Å². The summed E-state index contributed by atoms with van der Waals surface area (Å²) < 4.78 is 0. The van der Waals surface area contributed by atoms with Crippen molar-refractivity contribution in [1.29, 1.82) is 0 Å². The lowest BCUT2D eigenvalue weighted by Gasteiger charge is -1.97. The smallest absolute Gasteiger partial charge is 0.0447 e. The minimum atomic E-state index is 0.692. The van der Waals surface area contributed by atoms with Crippen LogP contribution in [-0.4, -0.2) is 0 Å². The van der Waals surface area contributed by atoms with Gasteiger partial charge in [-0.25, -0.2) is 0 Å². The molecule has 0 fully saturated rings. The van der Waals surface area contributed by atoms with Gasteiger partial charge in [0.2, 0.25) is 0 Å². The van der Waals surface area contributed by atoms with E-state index in [0.717, 1.165) is 11.1 Å². The fourth-order valence-electron chi connectivity index (χ4n) is 0.743. The molecule has 0 heterocycles. The molecule has 0 saturated heterocycles. The summed E-state index contributed by atoms with van der Waals surface area (Å²) in [5.41, 5.74) is 1.67. The molecular formula is C9H6Cl. The summed E-state index contributed by atoms with van der Waals surface area (Å²) in [6.45, 7) is 1.87. The standard InChI is InChI=1S/C9H6Cl/c1-3-8-5-4-6-9(10)7(8)2/h4-6H,2H3. The molecule has 0 saturated carbocycles. The maximum Gasteiger partial charge on any atom is 0.0447 e. The Morgan fingerprint density at radius 1 is 1.50 bits per heavy atom. The van der Waals surface area contributed by atoms with E-state index in [9.17, 15) is 0 Å². The second-order valence-corrected chi connectivity index (χ2v) is 2.44. The topological polar surface area (TPSA) is 0 Å². The minimum absolute atomic E-state index is 0.692. The third-order valence-corrected chi connectivity index (χ3v) is 1.81. The number of benzene rings is 1. The molecule has 0 atom stereocenters. The Kier molecular flexibility index (Phi) is 1.99. The maximum atomic E-state index is 6.87. The Labute approximate surface area is 65.8 Å². The number of rotatable bonds is 0. The van der Waals surface area contributed by atoms with Gasteiger partial charge in [0.25, 0.3) is 0 Å². The van der Waals surface area contributed by atoms with Gasteiger partial charge < -0.3 is 0 Å². The van der Waals surface area contributed by atoms with Crippen LogP contribution in [0.15, 0.2) is 18.2 Å². The van der Waals surface area contributed by atoms with Gasteiger partial charge in [0.15, 0.2) is 0 Å². The van der Waals surface area contributed by atoms with Crippen molar-refractivity contribution in [1.82, 2.24) is 0 Å². The van der Waals surface area contributed by atoms with Gasteiger partial charge in [0.05, 0.1) is 0 Å². The molecule has 1 rings (SSSR count). The molecule has 0 nitrogen and oxygen atoms in total. The molecule has 49 valence electrons. The van der Waals surface area contributed by atoms with Crippen LogP contribution < -0.4 is 0 Å². The lowest BCUT2D eigenvalue weighted by Crippen LogP contribution is -1.80. The van der Waals surface area contributed by atoms with Crippen molar-refractivity contribution < 1.29 is 0 Å². The summed E-state index contributed by atoms with van der Waals surface area (Å²) in [4.78, 5) is 0. The Bertz CT molecular complexity index is 281.